The summed E-state index contributed by atoms with van der Waals surface area (Å²) >= 11 is 0. The number of hydrogen-bond acceptors (Lipinski definition) is 4. The van der Waals surface area contributed by atoms with Crippen molar-refractivity contribution >= 4 is 11.9 Å². The zero-order chi connectivity index (χ0) is 15.4. The van der Waals surface area contributed by atoms with Crippen LogP contribution in [0.15, 0.2) is 53.4 Å². The first-order valence-electron chi connectivity index (χ1n) is 6.36. The topological polar surface area (TPSA) is 91.0 Å². The molecule has 0 amide bonds. The van der Waals surface area contributed by atoms with E-state index < -0.39 is 11.7 Å². The molecule has 0 aromatic carbocycles. The molecule has 1 heterocycles. The van der Waals surface area contributed by atoms with Gasteiger partial charge in [0, 0.05) is 30.3 Å². The predicted octanol–water partition coefficient (Wildman–Crippen LogP) is 2.46. The molecule has 0 unspecified atom stereocenters. The Morgan fingerprint density at radius 3 is 2.71 bits per heavy atom. The van der Waals surface area contributed by atoms with Crippen LogP contribution in [0.5, 0.6) is 0 Å². The highest BCUT2D eigenvalue weighted by Crippen LogP contribution is 2.27. The highest BCUT2D eigenvalue weighted by molar-refractivity contribution is 5.59. The van der Waals surface area contributed by atoms with Gasteiger partial charge in [-0.25, -0.2) is 13.8 Å². The number of rotatable bonds is 3. The first-order chi connectivity index (χ1) is 10.0. The van der Waals surface area contributed by atoms with Crippen molar-refractivity contribution in [1.29, 1.82) is 0 Å². The molecule has 0 fully saturated rings. The van der Waals surface area contributed by atoms with Crippen LogP contribution >= 0.6 is 0 Å². The fourth-order valence-electron chi connectivity index (χ4n) is 1.88. The molecule has 0 bridgehead atoms. The minimum absolute atomic E-state index is 0.00182. The van der Waals surface area contributed by atoms with E-state index in [1.54, 1.807) is 12.1 Å². The molecule has 1 aromatic rings. The Balaban J connectivity index is 2.34. The molecule has 0 radical (unpaired) electrons. The SMILES string of the molecule is NCc1cc(C=CC2=C(F)CC=CC(N)=C2F)cnc1N. The van der Waals surface area contributed by atoms with Gasteiger partial charge in [0.15, 0.2) is 5.83 Å². The molecule has 0 aliphatic heterocycles. The van der Waals surface area contributed by atoms with Gasteiger partial charge in [-0.1, -0.05) is 12.2 Å². The molecular formula is C15H16F2N4. The summed E-state index contributed by atoms with van der Waals surface area (Å²) in [6.45, 7) is 0.239. The summed E-state index contributed by atoms with van der Waals surface area (Å²) in [5, 5.41) is 0. The van der Waals surface area contributed by atoms with Crippen molar-refractivity contribution in [3.05, 3.63) is 64.5 Å². The number of hydrogen-bond donors (Lipinski definition) is 3. The van der Waals surface area contributed by atoms with Gasteiger partial charge in [-0.05, 0) is 23.8 Å². The van der Waals surface area contributed by atoms with Crippen LogP contribution in [0.1, 0.15) is 17.5 Å². The van der Waals surface area contributed by atoms with Crippen LogP contribution in [-0.2, 0) is 6.54 Å². The maximum atomic E-state index is 14.0. The number of nitrogens with zero attached hydrogens (tertiary/aromatic N) is 1. The van der Waals surface area contributed by atoms with Crippen LogP contribution in [0.25, 0.3) is 6.08 Å². The average molecular weight is 290 g/mol. The fraction of sp³-hybridized carbons (Fsp3) is 0.133. The highest BCUT2D eigenvalue weighted by atomic mass is 19.1. The number of allylic oxidation sites excluding steroid dienone is 6. The molecule has 1 aliphatic rings. The van der Waals surface area contributed by atoms with Gasteiger partial charge in [0.05, 0.1) is 5.70 Å². The normalized spacial score (nSPS) is 16.0. The van der Waals surface area contributed by atoms with Crippen LogP contribution in [0.3, 0.4) is 0 Å². The molecule has 6 heteroatoms. The predicted molar refractivity (Wildman–Crippen MR) is 79.8 cm³/mol. The van der Waals surface area contributed by atoms with E-state index in [1.165, 1.54) is 24.4 Å². The van der Waals surface area contributed by atoms with E-state index in [2.05, 4.69) is 4.98 Å². The van der Waals surface area contributed by atoms with Crippen LogP contribution in [0, 0.1) is 0 Å². The zero-order valence-corrected chi connectivity index (χ0v) is 11.3. The first kappa shape index (κ1) is 14.9. The Morgan fingerprint density at radius 2 is 2.00 bits per heavy atom. The van der Waals surface area contributed by atoms with Gasteiger partial charge in [0.25, 0.3) is 0 Å². The van der Waals surface area contributed by atoms with Crippen molar-refractivity contribution in [3.8, 4) is 0 Å². The van der Waals surface area contributed by atoms with E-state index in [9.17, 15) is 8.78 Å². The lowest BCUT2D eigenvalue weighted by molar-refractivity contribution is 0.586. The maximum absolute atomic E-state index is 14.0. The van der Waals surface area contributed by atoms with Crippen LogP contribution in [0.4, 0.5) is 14.6 Å². The molecule has 2 rings (SSSR count). The summed E-state index contributed by atoms with van der Waals surface area (Å²) in [5.74, 6) is -1.02. The Bertz CT molecular complexity index is 672. The molecule has 6 N–H and O–H groups in total. The highest BCUT2D eigenvalue weighted by Gasteiger charge is 2.14. The van der Waals surface area contributed by atoms with E-state index in [-0.39, 0.29) is 24.2 Å². The Labute approximate surface area is 121 Å². The van der Waals surface area contributed by atoms with Crippen molar-refractivity contribution in [2.45, 2.75) is 13.0 Å². The second-order valence-corrected chi connectivity index (χ2v) is 4.54. The van der Waals surface area contributed by atoms with Gasteiger partial charge < -0.3 is 17.2 Å². The number of anilines is 1. The summed E-state index contributed by atoms with van der Waals surface area (Å²) in [6.07, 6.45) is 7.21. The van der Waals surface area contributed by atoms with Crippen molar-refractivity contribution in [2.24, 2.45) is 11.5 Å². The van der Waals surface area contributed by atoms with Gasteiger partial charge in [-0.2, -0.15) is 0 Å². The number of nitrogen functional groups attached to an aromatic ring is 1. The van der Waals surface area contributed by atoms with E-state index in [0.29, 0.717) is 16.9 Å². The lowest BCUT2D eigenvalue weighted by Gasteiger charge is -2.04. The quantitative estimate of drug-likeness (QED) is 0.797. The van der Waals surface area contributed by atoms with Crippen LogP contribution < -0.4 is 17.2 Å². The number of pyridine rings is 1. The molecule has 1 aromatic heterocycles. The van der Waals surface area contributed by atoms with E-state index in [1.807, 2.05) is 0 Å². The van der Waals surface area contributed by atoms with Crippen LogP contribution in [-0.4, -0.2) is 4.98 Å². The van der Waals surface area contributed by atoms with Crippen molar-refractivity contribution in [3.63, 3.8) is 0 Å². The smallest absolute Gasteiger partial charge is 0.155 e. The van der Waals surface area contributed by atoms with Gasteiger partial charge in [-0.3, -0.25) is 0 Å². The summed E-state index contributed by atoms with van der Waals surface area (Å²) in [4.78, 5) is 3.98. The average Bonchev–Trinajstić information content (AvgIpc) is 2.59. The van der Waals surface area contributed by atoms with Crippen molar-refractivity contribution in [2.75, 3.05) is 5.73 Å². The van der Waals surface area contributed by atoms with Gasteiger partial charge in [-0.15, -0.1) is 0 Å². The largest absolute Gasteiger partial charge is 0.396 e. The first-order valence-corrected chi connectivity index (χ1v) is 6.36. The number of halogens is 2. The molecule has 0 saturated carbocycles. The monoisotopic (exact) mass is 290 g/mol. The Kier molecular flexibility index (Phi) is 4.49. The van der Waals surface area contributed by atoms with Gasteiger partial charge >= 0.3 is 0 Å². The Morgan fingerprint density at radius 1 is 1.24 bits per heavy atom. The summed E-state index contributed by atoms with van der Waals surface area (Å²) in [6, 6.07) is 1.72. The zero-order valence-electron chi connectivity index (χ0n) is 11.3. The summed E-state index contributed by atoms with van der Waals surface area (Å²) < 4.78 is 27.8. The summed E-state index contributed by atoms with van der Waals surface area (Å²) in [5.41, 5.74) is 17.7. The molecule has 0 saturated heterocycles. The lowest BCUT2D eigenvalue weighted by atomic mass is 10.1. The number of aromatic nitrogens is 1. The molecule has 110 valence electrons. The molecule has 0 atom stereocenters. The van der Waals surface area contributed by atoms with Crippen molar-refractivity contribution < 1.29 is 8.78 Å². The van der Waals surface area contributed by atoms with Crippen molar-refractivity contribution in [1.82, 2.24) is 4.98 Å². The third-order valence-electron chi connectivity index (χ3n) is 3.06. The van der Waals surface area contributed by atoms with Crippen LogP contribution in [0.2, 0.25) is 0 Å². The second kappa shape index (κ2) is 6.32. The van der Waals surface area contributed by atoms with E-state index in [4.69, 9.17) is 17.2 Å². The van der Waals surface area contributed by atoms with E-state index in [0.717, 1.165) is 0 Å². The molecule has 21 heavy (non-hydrogen) atoms. The molecule has 1 aliphatic carbocycles. The standard InChI is InChI=1S/C15H16F2N4/c16-12-2-1-3-13(19)14(17)11(12)5-4-9-6-10(7-18)15(20)21-8-9/h1,3-6,8H,2,7,18-19H2,(H2,20,21). The Hall–Kier alpha value is -2.47. The number of nitrogens with two attached hydrogens (primary N) is 3. The second-order valence-electron chi connectivity index (χ2n) is 4.54. The molecule has 4 nitrogen and oxygen atoms in total. The minimum Gasteiger partial charge on any atom is -0.396 e. The minimum atomic E-state index is -0.778. The third-order valence-corrected chi connectivity index (χ3v) is 3.06. The molecular weight excluding hydrogens is 274 g/mol. The van der Waals surface area contributed by atoms with E-state index >= 15 is 0 Å². The third kappa shape index (κ3) is 3.35. The molecule has 0 spiro atoms. The fourth-order valence-corrected chi connectivity index (χ4v) is 1.88. The van der Waals surface area contributed by atoms with Gasteiger partial charge in [0.2, 0.25) is 0 Å². The maximum Gasteiger partial charge on any atom is 0.155 e. The summed E-state index contributed by atoms with van der Waals surface area (Å²) in [7, 11) is 0. The van der Waals surface area contributed by atoms with Gasteiger partial charge in [0.1, 0.15) is 11.6 Å². The lowest BCUT2D eigenvalue weighted by Crippen LogP contribution is -2.03.